The van der Waals surface area contributed by atoms with E-state index in [4.69, 9.17) is 0 Å². The van der Waals surface area contributed by atoms with E-state index in [-0.39, 0.29) is 31.5 Å². The van der Waals surface area contributed by atoms with E-state index in [1.807, 2.05) is 5.32 Å². The lowest BCUT2D eigenvalue weighted by Crippen LogP contribution is -2.49. The maximum absolute atomic E-state index is 12.5. The molecule has 1 N–H and O–H groups in total. The maximum Gasteiger partial charge on any atom is 0.471 e. The first kappa shape index (κ1) is 19.1. The van der Waals surface area contributed by atoms with Gasteiger partial charge in [-0.05, 0) is 37.1 Å². The highest BCUT2D eigenvalue weighted by Gasteiger charge is 2.40. The van der Waals surface area contributed by atoms with Crippen molar-refractivity contribution >= 4 is 11.8 Å². The van der Waals surface area contributed by atoms with Gasteiger partial charge in [-0.2, -0.15) is 26.3 Å². The molecule has 0 radical (unpaired) electrons. The molecule has 1 aliphatic heterocycles. The summed E-state index contributed by atoms with van der Waals surface area (Å²) >= 11 is 0. The van der Waals surface area contributed by atoms with Crippen molar-refractivity contribution in [3.63, 3.8) is 0 Å². The molecule has 1 saturated heterocycles. The molecule has 25 heavy (non-hydrogen) atoms. The number of amides is 2. The first-order valence-corrected chi connectivity index (χ1v) is 7.32. The highest BCUT2D eigenvalue weighted by molar-refractivity contribution is 5.94. The first-order valence-electron chi connectivity index (χ1n) is 7.32. The van der Waals surface area contributed by atoms with Crippen molar-refractivity contribution in [2.24, 2.45) is 0 Å². The average molecular weight is 368 g/mol. The van der Waals surface area contributed by atoms with Gasteiger partial charge in [0.05, 0.1) is 5.56 Å². The molecule has 1 fully saturated rings. The predicted octanol–water partition coefficient (Wildman–Crippen LogP) is 2.99. The van der Waals surface area contributed by atoms with Crippen LogP contribution in [0.5, 0.6) is 0 Å². The first-order chi connectivity index (χ1) is 11.5. The van der Waals surface area contributed by atoms with Crippen molar-refractivity contribution in [1.29, 1.82) is 0 Å². The Bertz CT molecular complexity index is 631. The molecule has 138 valence electrons. The van der Waals surface area contributed by atoms with Crippen molar-refractivity contribution < 1.29 is 35.9 Å². The lowest BCUT2D eigenvalue weighted by atomic mass is 10.0. The third kappa shape index (κ3) is 4.86. The van der Waals surface area contributed by atoms with Gasteiger partial charge in [-0.3, -0.25) is 9.59 Å². The standard InChI is InChI=1S/C15H14F6N2O2/c16-14(17,18)10-3-1-9(2-4-10)12(24)23-7-5-11(6-8-23)22-13(25)15(19,20)21/h1-4,11H,5-8H2,(H,22,25). The molecule has 0 unspecified atom stereocenters. The number of alkyl halides is 6. The van der Waals surface area contributed by atoms with Gasteiger partial charge in [0.15, 0.2) is 0 Å². The number of nitrogens with one attached hydrogen (secondary N) is 1. The van der Waals surface area contributed by atoms with Gasteiger partial charge in [0, 0.05) is 24.7 Å². The predicted molar refractivity (Wildman–Crippen MR) is 74.6 cm³/mol. The number of nitrogens with zero attached hydrogens (tertiary/aromatic N) is 1. The molecule has 10 heteroatoms. The van der Waals surface area contributed by atoms with Gasteiger partial charge in [0.1, 0.15) is 0 Å². The summed E-state index contributed by atoms with van der Waals surface area (Å²) in [6.07, 6.45) is -9.20. The normalized spacial score (nSPS) is 16.6. The average Bonchev–Trinajstić information content (AvgIpc) is 2.53. The van der Waals surface area contributed by atoms with Crippen LogP contribution in [0.2, 0.25) is 0 Å². The van der Waals surface area contributed by atoms with Crippen molar-refractivity contribution in [2.45, 2.75) is 31.2 Å². The molecule has 1 aromatic rings. The molecule has 0 spiro atoms. The summed E-state index contributed by atoms with van der Waals surface area (Å²) in [6, 6.07) is 3.00. The van der Waals surface area contributed by atoms with Gasteiger partial charge in [-0.1, -0.05) is 0 Å². The fraction of sp³-hybridized carbons (Fsp3) is 0.467. The van der Waals surface area contributed by atoms with Crippen LogP contribution in [0.25, 0.3) is 0 Å². The fourth-order valence-electron chi connectivity index (χ4n) is 2.48. The minimum absolute atomic E-state index is 0.0609. The lowest BCUT2D eigenvalue weighted by molar-refractivity contribution is -0.174. The third-order valence-corrected chi connectivity index (χ3v) is 3.83. The Morgan fingerprint density at radius 2 is 1.48 bits per heavy atom. The molecule has 0 bridgehead atoms. The molecule has 1 aliphatic rings. The van der Waals surface area contributed by atoms with E-state index in [1.54, 1.807) is 0 Å². The van der Waals surface area contributed by atoms with Gasteiger partial charge in [0.25, 0.3) is 5.91 Å². The van der Waals surface area contributed by atoms with Gasteiger partial charge < -0.3 is 10.2 Å². The monoisotopic (exact) mass is 368 g/mol. The van der Waals surface area contributed by atoms with Crippen LogP contribution in [0.15, 0.2) is 24.3 Å². The zero-order chi connectivity index (χ0) is 18.8. The van der Waals surface area contributed by atoms with E-state index in [0.29, 0.717) is 0 Å². The Morgan fingerprint density at radius 3 is 1.92 bits per heavy atom. The second-order valence-corrected chi connectivity index (χ2v) is 5.61. The molecule has 0 aromatic heterocycles. The van der Waals surface area contributed by atoms with Crippen molar-refractivity contribution in [2.75, 3.05) is 13.1 Å². The number of hydrogen-bond donors (Lipinski definition) is 1. The number of rotatable bonds is 2. The number of carbonyl (C=O) groups is 2. The molecule has 1 heterocycles. The largest absolute Gasteiger partial charge is 0.471 e. The van der Waals surface area contributed by atoms with Gasteiger partial charge in [-0.15, -0.1) is 0 Å². The number of hydrogen-bond acceptors (Lipinski definition) is 2. The van der Waals surface area contributed by atoms with E-state index in [1.165, 1.54) is 4.90 Å². The van der Waals surface area contributed by atoms with E-state index in [2.05, 4.69) is 0 Å². The molecule has 2 amide bonds. The van der Waals surface area contributed by atoms with Crippen molar-refractivity contribution in [1.82, 2.24) is 10.2 Å². The van der Waals surface area contributed by atoms with Crippen LogP contribution in [-0.2, 0) is 11.0 Å². The van der Waals surface area contributed by atoms with E-state index < -0.39 is 35.8 Å². The number of carbonyl (C=O) groups excluding carboxylic acids is 2. The summed E-state index contributed by atoms with van der Waals surface area (Å²) in [5.74, 6) is -2.53. The molecule has 1 aromatic carbocycles. The highest BCUT2D eigenvalue weighted by atomic mass is 19.4. The summed E-state index contributed by atoms with van der Waals surface area (Å²) in [7, 11) is 0. The molecular formula is C15H14F6N2O2. The summed E-state index contributed by atoms with van der Waals surface area (Å²) in [6.45, 7) is 0.200. The van der Waals surface area contributed by atoms with E-state index in [9.17, 15) is 35.9 Å². The highest BCUT2D eigenvalue weighted by Crippen LogP contribution is 2.29. The SMILES string of the molecule is O=C(c1ccc(C(F)(F)F)cc1)N1CCC(NC(=O)C(F)(F)F)CC1. The Morgan fingerprint density at radius 1 is 0.960 bits per heavy atom. The maximum atomic E-state index is 12.5. The summed E-state index contributed by atoms with van der Waals surface area (Å²) in [5, 5.41) is 1.86. The topological polar surface area (TPSA) is 49.4 Å². The molecule has 0 saturated carbocycles. The second-order valence-electron chi connectivity index (χ2n) is 5.61. The van der Waals surface area contributed by atoms with Crippen LogP contribution in [-0.4, -0.2) is 42.0 Å². The van der Waals surface area contributed by atoms with Crippen LogP contribution in [0, 0.1) is 0 Å². The molecule has 0 atom stereocenters. The number of piperidine rings is 1. The number of benzene rings is 1. The Balaban J connectivity index is 1.92. The zero-order valence-corrected chi connectivity index (χ0v) is 12.7. The Hall–Kier alpha value is -2.26. The van der Waals surface area contributed by atoms with Crippen LogP contribution >= 0.6 is 0 Å². The van der Waals surface area contributed by atoms with E-state index in [0.717, 1.165) is 24.3 Å². The van der Waals surface area contributed by atoms with Crippen LogP contribution < -0.4 is 5.32 Å². The molecule has 2 rings (SSSR count). The summed E-state index contributed by atoms with van der Waals surface area (Å²) in [5.41, 5.74) is -0.816. The van der Waals surface area contributed by atoms with Gasteiger partial charge in [-0.25, -0.2) is 0 Å². The summed E-state index contributed by atoms with van der Waals surface area (Å²) < 4.78 is 74.1. The quantitative estimate of drug-likeness (QED) is 0.816. The third-order valence-electron chi connectivity index (χ3n) is 3.83. The van der Waals surface area contributed by atoms with Crippen LogP contribution in [0.4, 0.5) is 26.3 Å². The molecular weight excluding hydrogens is 354 g/mol. The summed E-state index contributed by atoms with van der Waals surface area (Å²) in [4.78, 5) is 24.4. The number of halogens is 6. The van der Waals surface area contributed by atoms with Crippen LogP contribution in [0.3, 0.4) is 0 Å². The zero-order valence-electron chi connectivity index (χ0n) is 12.7. The van der Waals surface area contributed by atoms with Crippen molar-refractivity contribution in [3.05, 3.63) is 35.4 Å². The Kier molecular flexibility index (Phi) is 5.28. The van der Waals surface area contributed by atoms with Crippen LogP contribution in [0.1, 0.15) is 28.8 Å². The minimum atomic E-state index is -4.97. The fourth-order valence-corrected chi connectivity index (χ4v) is 2.48. The van der Waals surface area contributed by atoms with Crippen molar-refractivity contribution in [3.8, 4) is 0 Å². The second kappa shape index (κ2) is 6.93. The van der Waals surface area contributed by atoms with Gasteiger partial charge in [0.2, 0.25) is 0 Å². The minimum Gasteiger partial charge on any atom is -0.345 e. The molecule has 0 aliphatic carbocycles. The number of likely N-dealkylation sites (tertiary alicyclic amines) is 1. The lowest BCUT2D eigenvalue weighted by Gasteiger charge is -2.32. The Labute approximate surface area is 138 Å². The smallest absolute Gasteiger partial charge is 0.345 e. The molecule has 4 nitrogen and oxygen atoms in total. The van der Waals surface area contributed by atoms with E-state index >= 15 is 0 Å². The van der Waals surface area contributed by atoms with Gasteiger partial charge >= 0.3 is 18.3 Å².